The fraction of sp³-hybridized carbons (Fsp3) is 0.379. The minimum atomic E-state index is 0.138. The molecular weight excluding hydrogens is 420 g/mol. The summed E-state index contributed by atoms with van der Waals surface area (Å²) in [6, 6.07) is 21.1. The standard InChI is InChI=1S/C29H32N4O/c1-31-26-14-13-23(29(34)32-17-7-2-3-8-18-32)19-24(26)30-28(31)27-16-15-25(22-9-5-4-6-10-22)33(27)20-21-11-12-21/h4-6,9-10,13-16,19,21H,2-3,7-8,11-12,17-18,20H2,1H3. The van der Waals surface area contributed by atoms with E-state index in [1.165, 1.54) is 36.9 Å². The first-order valence-electron chi connectivity index (χ1n) is 12.7. The molecule has 0 atom stereocenters. The molecule has 2 aliphatic rings. The number of amides is 1. The summed E-state index contributed by atoms with van der Waals surface area (Å²) in [6.07, 6.45) is 7.25. The largest absolute Gasteiger partial charge is 0.339 e. The molecule has 0 bridgehead atoms. The van der Waals surface area contributed by atoms with E-state index < -0.39 is 0 Å². The first kappa shape index (κ1) is 21.2. The quantitative estimate of drug-likeness (QED) is 0.365. The Morgan fingerprint density at radius 1 is 0.912 bits per heavy atom. The van der Waals surface area contributed by atoms with E-state index in [-0.39, 0.29) is 5.91 Å². The molecule has 4 aromatic rings. The van der Waals surface area contributed by atoms with E-state index in [1.807, 2.05) is 17.0 Å². The second-order valence-electron chi connectivity index (χ2n) is 9.93. The smallest absolute Gasteiger partial charge is 0.253 e. The maximum atomic E-state index is 13.2. The van der Waals surface area contributed by atoms with Crippen molar-refractivity contribution in [2.45, 2.75) is 45.1 Å². The molecule has 1 amide bonds. The van der Waals surface area contributed by atoms with Gasteiger partial charge < -0.3 is 14.0 Å². The van der Waals surface area contributed by atoms with E-state index in [9.17, 15) is 4.79 Å². The second-order valence-corrected chi connectivity index (χ2v) is 9.93. The molecule has 34 heavy (non-hydrogen) atoms. The van der Waals surface area contributed by atoms with Gasteiger partial charge >= 0.3 is 0 Å². The Morgan fingerprint density at radius 2 is 1.65 bits per heavy atom. The Hall–Kier alpha value is -3.34. The number of likely N-dealkylation sites (tertiary alicyclic amines) is 1. The van der Waals surface area contributed by atoms with Crippen molar-refractivity contribution < 1.29 is 4.79 Å². The molecule has 5 heteroatoms. The Balaban J connectivity index is 1.39. The Kier molecular flexibility index (Phi) is 5.48. The number of fused-ring (bicyclic) bond motifs is 1. The molecule has 5 nitrogen and oxygen atoms in total. The molecule has 174 valence electrons. The van der Waals surface area contributed by atoms with Crippen LogP contribution in [0, 0.1) is 5.92 Å². The van der Waals surface area contributed by atoms with Crippen molar-refractivity contribution in [3.63, 3.8) is 0 Å². The van der Waals surface area contributed by atoms with Crippen molar-refractivity contribution in [1.29, 1.82) is 0 Å². The SMILES string of the molecule is Cn1c(-c2ccc(-c3ccccc3)n2CC2CC2)nc2cc(C(=O)N3CCCCCC3)ccc21. The molecule has 3 heterocycles. The molecule has 0 N–H and O–H groups in total. The molecule has 1 aliphatic heterocycles. The predicted molar refractivity (Wildman–Crippen MR) is 137 cm³/mol. The van der Waals surface area contributed by atoms with Gasteiger partial charge in [0.1, 0.15) is 0 Å². The van der Waals surface area contributed by atoms with E-state index in [1.54, 1.807) is 0 Å². The van der Waals surface area contributed by atoms with Crippen LogP contribution in [0.1, 0.15) is 48.9 Å². The van der Waals surface area contributed by atoms with Gasteiger partial charge in [0.05, 0.1) is 16.7 Å². The van der Waals surface area contributed by atoms with Gasteiger partial charge in [-0.3, -0.25) is 4.79 Å². The van der Waals surface area contributed by atoms with Gasteiger partial charge in [-0.05, 0) is 67.5 Å². The average molecular weight is 453 g/mol. The summed E-state index contributed by atoms with van der Waals surface area (Å²) in [7, 11) is 2.08. The zero-order chi connectivity index (χ0) is 23.1. The van der Waals surface area contributed by atoms with E-state index in [2.05, 4.69) is 64.7 Å². The number of nitrogens with zero attached hydrogens (tertiary/aromatic N) is 4. The minimum absolute atomic E-state index is 0.138. The molecular formula is C29H32N4O. The number of carbonyl (C=O) groups is 1. The van der Waals surface area contributed by atoms with Gasteiger partial charge in [0.15, 0.2) is 5.82 Å². The number of benzene rings is 2. The minimum Gasteiger partial charge on any atom is -0.339 e. The average Bonchev–Trinajstić information content (AvgIpc) is 3.58. The fourth-order valence-electron chi connectivity index (χ4n) is 5.30. The maximum Gasteiger partial charge on any atom is 0.253 e. The normalized spacial score (nSPS) is 16.7. The van der Waals surface area contributed by atoms with Crippen LogP contribution in [0.2, 0.25) is 0 Å². The lowest BCUT2D eigenvalue weighted by atomic mass is 10.1. The molecule has 0 unspecified atom stereocenters. The first-order chi connectivity index (χ1) is 16.7. The zero-order valence-corrected chi connectivity index (χ0v) is 19.9. The summed E-state index contributed by atoms with van der Waals surface area (Å²) in [5, 5.41) is 0. The van der Waals surface area contributed by atoms with Gasteiger partial charge in [-0.2, -0.15) is 0 Å². The van der Waals surface area contributed by atoms with E-state index in [0.717, 1.165) is 66.5 Å². The van der Waals surface area contributed by atoms with Gasteiger partial charge in [0.25, 0.3) is 5.91 Å². The number of aryl methyl sites for hydroxylation is 1. The fourth-order valence-corrected chi connectivity index (χ4v) is 5.30. The van der Waals surface area contributed by atoms with Gasteiger partial charge in [-0.25, -0.2) is 4.98 Å². The van der Waals surface area contributed by atoms with Crippen LogP contribution in [0.15, 0.2) is 60.7 Å². The zero-order valence-electron chi connectivity index (χ0n) is 19.9. The Bertz CT molecular complexity index is 1320. The van der Waals surface area contributed by atoms with E-state index in [0.29, 0.717) is 0 Å². The number of carbonyl (C=O) groups excluding carboxylic acids is 1. The van der Waals surface area contributed by atoms with Crippen molar-refractivity contribution in [2.24, 2.45) is 13.0 Å². The number of rotatable bonds is 5. The Morgan fingerprint density at radius 3 is 2.38 bits per heavy atom. The molecule has 0 radical (unpaired) electrons. The van der Waals surface area contributed by atoms with E-state index in [4.69, 9.17) is 4.98 Å². The summed E-state index contributed by atoms with van der Waals surface area (Å²) in [5.74, 6) is 1.85. The molecule has 6 rings (SSSR count). The summed E-state index contributed by atoms with van der Waals surface area (Å²) in [6.45, 7) is 2.75. The van der Waals surface area contributed by atoms with Gasteiger partial charge in [-0.1, -0.05) is 43.2 Å². The Labute approximate surface area is 201 Å². The third kappa shape index (κ3) is 3.93. The summed E-state index contributed by atoms with van der Waals surface area (Å²) >= 11 is 0. The van der Waals surface area contributed by atoms with Gasteiger partial charge in [0.2, 0.25) is 0 Å². The lowest BCUT2D eigenvalue weighted by Crippen LogP contribution is -2.31. The van der Waals surface area contributed by atoms with Crippen molar-refractivity contribution in [2.75, 3.05) is 13.1 Å². The molecule has 1 saturated heterocycles. The van der Waals surface area contributed by atoms with Crippen LogP contribution in [0.3, 0.4) is 0 Å². The van der Waals surface area contributed by atoms with Crippen LogP contribution >= 0.6 is 0 Å². The van der Waals surface area contributed by atoms with Crippen molar-refractivity contribution in [3.05, 3.63) is 66.2 Å². The van der Waals surface area contributed by atoms with Gasteiger partial charge in [-0.15, -0.1) is 0 Å². The van der Waals surface area contributed by atoms with Gasteiger partial charge in [0, 0.05) is 37.9 Å². The number of imidazole rings is 1. The lowest BCUT2D eigenvalue weighted by molar-refractivity contribution is 0.0762. The highest BCUT2D eigenvalue weighted by Crippen LogP contribution is 2.37. The third-order valence-electron chi connectivity index (χ3n) is 7.44. The highest BCUT2D eigenvalue weighted by Gasteiger charge is 2.26. The highest BCUT2D eigenvalue weighted by atomic mass is 16.2. The van der Waals surface area contributed by atoms with Crippen LogP contribution in [-0.2, 0) is 13.6 Å². The molecule has 2 fully saturated rings. The van der Waals surface area contributed by atoms with E-state index >= 15 is 0 Å². The van der Waals surface area contributed by atoms with Crippen LogP contribution in [0.25, 0.3) is 33.8 Å². The summed E-state index contributed by atoms with van der Waals surface area (Å²) < 4.78 is 4.61. The second kappa shape index (κ2) is 8.79. The van der Waals surface area contributed by atoms with Crippen LogP contribution < -0.4 is 0 Å². The van der Waals surface area contributed by atoms with Crippen LogP contribution in [0.4, 0.5) is 0 Å². The van der Waals surface area contributed by atoms with Crippen molar-refractivity contribution in [3.8, 4) is 22.8 Å². The first-order valence-corrected chi connectivity index (χ1v) is 12.7. The van der Waals surface area contributed by atoms with Crippen molar-refractivity contribution in [1.82, 2.24) is 19.0 Å². The summed E-state index contributed by atoms with van der Waals surface area (Å²) in [5.41, 5.74) is 6.31. The molecule has 0 spiro atoms. The lowest BCUT2D eigenvalue weighted by Gasteiger charge is -2.20. The maximum absolute atomic E-state index is 13.2. The van der Waals surface area contributed by atoms with Crippen LogP contribution in [0.5, 0.6) is 0 Å². The monoisotopic (exact) mass is 452 g/mol. The predicted octanol–water partition coefficient (Wildman–Crippen LogP) is 6.14. The van der Waals surface area contributed by atoms with Crippen LogP contribution in [-0.4, -0.2) is 38.0 Å². The third-order valence-corrected chi connectivity index (χ3v) is 7.44. The van der Waals surface area contributed by atoms with Crippen molar-refractivity contribution >= 4 is 16.9 Å². The number of aromatic nitrogens is 3. The summed E-state index contributed by atoms with van der Waals surface area (Å²) in [4.78, 5) is 20.3. The molecule has 1 aliphatic carbocycles. The number of hydrogen-bond acceptors (Lipinski definition) is 2. The molecule has 1 saturated carbocycles. The molecule has 2 aromatic heterocycles. The number of hydrogen-bond donors (Lipinski definition) is 0. The topological polar surface area (TPSA) is 43.1 Å². The highest BCUT2D eigenvalue weighted by molar-refractivity contribution is 5.98. The molecule has 2 aromatic carbocycles.